The average molecular weight is 352 g/mol. The number of nitrogens with zero attached hydrogens (tertiary/aromatic N) is 5. The van der Waals surface area contributed by atoms with E-state index in [2.05, 4.69) is 20.2 Å². The van der Waals surface area contributed by atoms with Crippen LogP contribution in [-0.4, -0.2) is 33.5 Å². The number of nitro groups is 1. The lowest BCUT2D eigenvalue weighted by Gasteiger charge is -2.12. The molecule has 2 aromatic rings. The number of tetrazole rings is 1. The van der Waals surface area contributed by atoms with E-state index in [0.717, 1.165) is 31.7 Å². The molecule has 0 unspecified atom stereocenters. The first kappa shape index (κ1) is 16.5. The summed E-state index contributed by atoms with van der Waals surface area (Å²) >= 11 is 0. The lowest BCUT2D eigenvalue weighted by Crippen LogP contribution is -2.26. The Bertz CT molecular complexity index is 844. The monoisotopic (exact) mass is 352 g/mol. The molecule has 1 aliphatic rings. The van der Waals surface area contributed by atoms with Gasteiger partial charge in [0.15, 0.2) is 10.7 Å². The van der Waals surface area contributed by atoms with Crippen molar-refractivity contribution in [1.29, 1.82) is 0 Å². The van der Waals surface area contributed by atoms with Gasteiger partial charge in [-0.05, 0) is 29.3 Å². The van der Waals surface area contributed by atoms with Crippen molar-refractivity contribution in [2.45, 2.75) is 43.2 Å². The first-order valence-electron chi connectivity index (χ1n) is 7.49. The smallest absolute Gasteiger partial charge is 0.258 e. The van der Waals surface area contributed by atoms with Gasteiger partial charge in [0.1, 0.15) is 0 Å². The van der Waals surface area contributed by atoms with Crippen LogP contribution in [0, 0.1) is 10.1 Å². The molecule has 1 aliphatic carbocycles. The summed E-state index contributed by atoms with van der Waals surface area (Å²) in [4.78, 5) is 9.90. The van der Waals surface area contributed by atoms with Gasteiger partial charge >= 0.3 is 0 Å². The summed E-state index contributed by atoms with van der Waals surface area (Å²) in [5.41, 5.74) is -0.472. The molecule has 3 rings (SSSR count). The Morgan fingerprint density at radius 2 is 2.00 bits per heavy atom. The number of nitro benzene ring substituents is 1. The molecule has 0 spiro atoms. The molecule has 128 valence electrons. The van der Waals surface area contributed by atoms with Crippen molar-refractivity contribution in [2.24, 2.45) is 0 Å². The van der Waals surface area contributed by atoms with E-state index in [-0.39, 0.29) is 17.5 Å². The van der Waals surface area contributed by atoms with Crippen molar-refractivity contribution in [3.63, 3.8) is 0 Å². The van der Waals surface area contributed by atoms with E-state index in [1.165, 1.54) is 18.2 Å². The quantitative estimate of drug-likeness (QED) is 0.609. The fourth-order valence-electron chi connectivity index (χ4n) is 2.83. The molecule has 1 fully saturated rings. The Hall–Kier alpha value is -2.40. The predicted molar refractivity (Wildman–Crippen MR) is 82.4 cm³/mol. The third kappa shape index (κ3) is 3.26. The second-order valence-corrected chi connectivity index (χ2v) is 7.26. The number of nitrogens with one attached hydrogen (secondary N) is 1. The second kappa shape index (κ2) is 6.61. The van der Waals surface area contributed by atoms with Crippen LogP contribution in [0.1, 0.15) is 37.5 Å². The van der Waals surface area contributed by atoms with Gasteiger partial charge in [0.05, 0.1) is 17.5 Å². The Morgan fingerprint density at radius 1 is 1.29 bits per heavy atom. The van der Waals surface area contributed by atoms with Crippen LogP contribution in [0.15, 0.2) is 29.2 Å². The minimum absolute atomic E-state index is 0.127. The topological polar surface area (TPSA) is 133 Å². The maximum absolute atomic E-state index is 12.4. The van der Waals surface area contributed by atoms with E-state index in [1.54, 1.807) is 4.68 Å². The highest BCUT2D eigenvalue weighted by atomic mass is 32.2. The van der Waals surface area contributed by atoms with E-state index >= 15 is 0 Å². The molecule has 0 aliphatic heterocycles. The molecule has 1 aromatic heterocycles. The summed E-state index contributed by atoms with van der Waals surface area (Å²) in [6.07, 6.45) is 4.09. The summed E-state index contributed by atoms with van der Waals surface area (Å²) in [7, 11) is -4.05. The van der Waals surface area contributed by atoms with E-state index in [9.17, 15) is 18.5 Å². The molecular formula is C13H16N6O4S. The summed E-state index contributed by atoms with van der Waals surface area (Å²) in [6, 6.07) is 5.37. The van der Waals surface area contributed by atoms with Crippen LogP contribution in [0.3, 0.4) is 0 Å². The normalized spacial score (nSPS) is 15.7. The van der Waals surface area contributed by atoms with Crippen LogP contribution < -0.4 is 4.72 Å². The molecule has 11 heteroatoms. The van der Waals surface area contributed by atoms with Gasteiger partial charge in [0.25, 0.3) is 5.69 Å². The van der Waals surface area contributed by atoms with Crippen molar-refractivity contribution in [2.75, 3.05) is 0 Å². The minimum Gasteiger partial charge on any atom is -0.258 e. The second-order valence-electron chi connectivity index (χ2n) is 5.53. The third-order valence-electron chi connectivity index (χ3n) is 4.00. The first-order valence-corrected chi connectivity index (χ1v) is 8.97. The van der Waals surface area contributed by atoms with Crippen molar-refractivity contribution in [3.8, 4) is 0 Å². The number of hydrogen-bond acceptors (Lipinski definition) is 7. The Kier molecular flexibility index (Phi) is 4.53. The fraction of sp³-hybridized carbons (Fsp3) is 0.462. The molecule has 24 heavy (non-hydrogen) atoms. The summed E-state index contributed by atoms with van der Waals surface area (Å²) in [5, 5.41) is 22.4. The van der Waals surface area contributed by atoms with Crippen molar-refractivity contribution in [1.82, 2.24) is 24.9 Å². The molecule has 0 bridgehead atoms. The highest BCUT2D eigenvalue weighted by Crippen LogP contribution is 2.29. The molecule has 0 saturated heterocycles. The minimum atomic E-state index is -4.05. The Balaban J connectivity index is 1.80. The van der Waals surface area contributed by atoms with Crippen LogP contribution in [0.25, 0.3) is 0 Å². The average Bonchev–Trinajstić information content (AvgIpc) is 3.24. The van der Waals surface area contributed by atoms with Crippen molar-refractivity contribution < 1.29 is 13.3 Å². The highest BCUT2D eigenvalue weighted by Gasteiger charge is 2.26. The van der Waals surface area contributed by atoms with Crippen LogP contribution in [-0.2, 0) is 16.6 Å². The van der Waals surface area contributed by atoms with E-state index < -0.39 is 20.6 Å². The summed E-state index contributed by atoms with van der Waals surface area (Å²) < 4.78 is 28.8. The molecular weight excluding hydrogens is 336 g/mol. The van der Waals surface area contributed by atoms with Gasteiger partial charge in [0.2, 0.25) is 10.0 Å². The molecule has 1 heterocycles. The molecule has 0 radical (unpaired) electrons. The van der Waals surface area contributed by atoms with Crippen LogP contribution >= 0.6 is 0 Å². The number of para-hydroxylation sites is 1. The maximum atomic E-state index is 12.4. The van der Waals surface area contributed by atoms with Crippen molar-refractivity contribution >= 4 is 15.7 Å². The number of benzene rings is 1. The number of aromatic nitrogens is 4. The molecule has 0 atom stereocenters. The van der Waals surface area contributed by atoms with Gasteiger partial charge in [0, 0.05) is 6.07 Å². The molecule has 0 amide bonds. The van der Waals surface area contributed by atoms with Crippen LogP contribution in [0.4, 0.5) is 5.69 Å². The molecule has 1 aromatic carbocycles. The largest absolute Gasteiger partial charge is 0.289 e. The molecule has 10 nitrogen and oxygen atoms in total. The van der Waals surface area contributed by atoms with Crippen molar-refractivity contribution in [3.05, 3.63) is 40.2 Å². The summed E-state index contributed by atoms with van der Waals surface area (Å²) in [5.74, 6) is 0.393. The SMILES string of the molecule is O=[N+]([O-])c1ccccc1S(=O)(=O)NCc1nnnn1C1CCCC1. The van der Waals surface area contributed by atoms with E-state index in [4.69, 9.17) is 0 Å². The molecule has 1 saturated carbocycles. The van der Waals surface area contributed by atoms with E-state index in [0.29, 0.717) is 5.82 Å². The van der Waals surface area contributed by atoms with Gasteiger partial charge in [-0.3, -0.25) is 10.1 Å². The lowest BCUT2D eigenvalue weighted by molar-refractivity contribution is -0.387. The number of hydrogen-bond donors (Lipinski definition) is 1. The maximum Gasteiger partial charge on any atom is 0.289 e. The number of sulfonamides is 1. The van der Waals surface area contributed by atoms with E-state index in [1.807, 2.05) is 0 Å². The molecule has 1 N–H and O–H groups in total. The fourth-order valence-corrected chi connectivity index (χ4v) is 3.98. The van der Waals surface area contributed by atoms with Gasteiger partial charge in [-0.1, -0.05) is 25.0 Å². The first-order chi connectivity index (χ1) is 11.5. The van der Waals surface area contributed by atoms with Gasteiger partial charge in [-0.25, -0.2) is 17.8 Å². The van der Waals surface area contributed by atoms with Crippen LogP contribution in [0.5, 0.6) is 0 Å². The Labute approximate surface area is 138 Å². The predicted octanol–water partition coefficient (Wildman–Crippen LogP) is 1.17. The lowest BCUT2D eigenvalue weighted by atomic mass is 10.2. The van der Waals surface area contributed by atoms with Gasteiger partial charge in [-0.2, -0.15) is 0 Å². The zero-order chi connectivity index (χ0) is 17.2. The van der Waals surface area contributed by atoms with Gasteiger partial charge < -0.3 is 0 Å². The van der Waals surface area contributed by atoms with Crippen LogP contribution in [0.2, 0.25) is 0 Å². The Morgan fingerprint density at radius 3 is 2.71 bits per heavy atom. The highest BCUT2D eigenvalue weighted by molar-refractivity contribution is 7.89. The zero-order valence-corrected chi connectivity index (χ0v) is 13.5. The standard InChI is InChI=1S/C13H16N6O4S/c20-19(21)11-7-3-4-8-12(11)24(22,23)14-9-13-15-16-17-18(13)10-5-1-2-6-10/h3-4,7-8,10,14H,1-2,5-6,9H2. The van der Waals surface area contributed by atoms with Gasteiger partial charge in [-0.15, -0.1) is 5.10 Å². The number of rotatable bonds is 6. The summed E-state index contributed by atoms with van der Waals surface area (Å²) in [6.45, 7) is -0.127. The zero-order valence-electron chi connectivity index (χ0n) is 12.7. The third-order valence-corrected chi connectivity index (χ3v) is 5.45.